The molecule has 0 amide bonds. The molecule has 27 heavy (non-hydrogen) atoms. The van der Waals surface area contributed by atoms with Crippen molar-refractivity contribution in [3.8, 4) is 0 Å². The van der Waals surface area contributed by atoms with Crippen LogP contribution in [0.3, 0.4) is 0 Å². The van der Waals surface area contributed by atoms with Crippen LogP contribution in [-0.4, -0.2) is 87.4 Å². The van der Waals surface area contributed by atoms with E-state index in [1.54, 1.807) is 0 Å². The first-order chi connectivity index (χ1) is 12.7. The second kappa shape index (κ2) is 14.8. The van der Waals surface area contributed by atoms with E-state index >= 15 is 0 Å². The highest BCUT2D eigenvalue weighted by atomic mass is 127. The molecule has 2 aliphatic rings. The minimum atomic E-state index is 0. The van der Waals surface area contributed by atoms with E-state index in [2.05, 4.69) is 41.2 Å². The van der Waals surface area contributed by atoms with Crippen LogP contribution < -0.4 is 10.6 Å². The number of ether oxygens (including phenoxy) is 1. The van der Waals surface area contributed by atoms with Gasteiger partial charge in [-0.25, -0.2) is 0 Å². The summed E-state index contributed by atoms with van der Waals surface area (Å²) in [7, 11) is 0. The number of guanidine groups is 1. The van der Waals surface area contributed by atoms with Crippen LogP contribution >= 0.6 is 24.0 Å². The second-order valence-corrected chi connectivity index (χ2v) is 7.86. The lowest BCUT2D eigenvalue weighted by Crippen LogP contribution is -2.48. The summed E-state index contributed by atoms with van der Waals surface area (Å²) in [5.41, 5.74) is 0. The highest BCUT2D eigenvalue weighted by Gasteiger charge is 2.23. The zero-order valence-corrected chi connectivity index (χ0v) is 20.0. The maximum absolute atomic E-state index is 5.51. The Hall–Kier alpha value is -0.120. The Bertz CT molecular complexity index is 394. The molecule has 1 atom stereocenters. The lowest BCUT2D eigenvalue weighted by molar-refractivity contribution is 0.00867. The van der Waals surface area contributed by atoms with Crippen LogP contribution in [-0.2, 0) is 4.74 Å². The molecule has 0 spiro atoms. The summed E-state index contributed by atoms with van der Waals surface area (Å²) in [6.45, 7) is 16.8. The number of nitrogens with one attached hydrogen (secondary N) is 2. The van der Waals surface area contributed by atoms with Crippen molar-refractivity contribution >= 4 is 29.9 Å². The molecule has 0 bridgehead atoms. The molecular formula is C20H42IN5O. The zero-order valence-electron chi connectivity index (χ0n) is 17.7. The average Bonchev–Trinajstić information content (AvgIpc) is 2.91. The Morgan fingerprint density at radius 3 is 2.26 bits per heavy atom. The van der Waals surface area contributed by atoms with Crippen molar-refractivity contribution in [1.82, 2.24) is 20.4 Å². The van der Waals surface area contributed by atoms with Crippen LogP contribution in [0.5, 0.6) is 0 Å². The molecule has 2 heterocycles. The largest absolute Gasteiger partial charge is 0.379 e. The molecule has 6 nitrogen and oxygen atoms in total. The van der Waals surface area contributed by atoms with Gasteiger partial charge in [0, 0.05) is 38.8 Å². The van der Waals surface area contributed by atoms with Crippen LogP contribution in [0.1, 0.15) is 46.5 Å². The summed E-state index contributed by atoms with van der Waals surface area (Å²) in [6, 6.07) is 0.486. The van der Waals surface area contributed by atoms with Crippen LogP contribution in [0.25, 0.3) is 0 Å². The van der Waals surface area contributed by atoms with Crippen LogP contribution in [0, 0.1) is 5.92 Å². The van der Waals surface area contributed by atoms with E-state index in [-0.39, 0.29) is 24.0 Å². The molecule has 0 radical (unpaired) electrons. The summed E-state index contributed by atoms with van der Waals surface area (Å²) in [5.74, 6) is 1.55. The molecule has 0 aromatic heterocycles. The maximum Gasteiger partial charge on any atom is 0.191 e. The smallest absolute Gasteiger partial charge is 0.191 e. The third-order valence-electron chi connectivity index (χ3n) is 5.48. The number of likely N-dealkylation sites (tertiary alicyclic amines) is 1. The fourth-order valence-electron chi connectivity index (χ4n) is 3.88. The topological polar surface area (TPSA) is 52.1 Å². The Labute approximate surface area is 183 Å². The first-order valence-corrected chi connectivity index (χ1v) is 10.8. The van der Waals surface area contributed by atoms with Crippen molar-refractivity contribution in [2.24, 2.45) is 10.9 Å². The minimum absolute atomic E-state index is 0. The Morgan fingerprint density at radius 1 is 1.00 bits per heavy atom. The summed E-state index contributed by atoms with van der Waals surface area (Å²) < 4.78 is 5.51. The van der Waals surface area contributed by atoms with E-state index in [9.17, 15) is 0 Å². The van der Waals surface area contributed by atoms with Gasteiger partial charge in [-0.3, -0.25) is 9.89 Å². The molecule has 2 fully saturated rings. The molecule has 0 aromatic rings. The van der Waals surface area contributed by atoms with Gasteiger partial charge in [0.2, 0.25) is 0 Å². The third kappa shape index (κ3) is 9.76. The summed E-state index contributed by atoms with van der Waals surface area (Å²) in [5, 5.41) is 6.95. The quantitative estimate of drug-likeness (QED) is 0.308. The standard InChI is InChI=1S/C20H41N5O.HI/c1-4-21-20(22-9-12-24-10-7-5-6-8-11-24)23-17-19(18(2)3)25-13-15-26-16-14-25;/h18-19H,4-17H2,1-3H3,(H2,21,22,23);1H. The molecule has 7 heteroatoms. The molecule has 0 aromatic carbocycles. The van der Waals surface area contributed by atoms with E-state index in [1.807, 2.05) is 0 Å². The van der Waals surface area contributed by atoms with Gasteiger partial charge < -0.3 is 20.3 Å². The number of hydrogen-bond donors (Lipinski definition) is 2. The lowest BCUT2D eigenvalue weighted by atomic mass is 10.0. The van der Waals surface area contributed by atoms with Crippen molar-refractivity contribution in [3.63, 3.8) is 0 Å². The average molecular weight is 495 g/mol. The van der Waals surface area contributed by atoms with E-state index < -0.39 is 0 Å². The fraction of sp³-hybridized carbons (Fsp3) is 0.950. The van der Waals surface area contributed by atoms with E-state index in [4.69, 9.17) is 9.73 Å². The van der Waals surface area contributed by atoms with Crippen LogP contribution in [0.15, 0.2) is 4.99 Å². The predicted octanol–water partition coefficient (Wildman–Crippen LogP) is 2.39. The SMILES string of the molecule is CCNC(=NCC(C(C)C)N1CCOCC1)NCCN1CCCCCC1.I. The number of nitrogens with zero attached hydrogens (tertiary/aromatic N) is 3. The zero-order chi connectivity index (χ0) is 18.6. The minimum Gasteiger partial charge on any atom is -0.379 e. The molecule has 2 rings (SSSR count). The monoisotopic (exact) mass is 495 g/mol. The summed E-state index contributed by atoms with van der Waals surface area (Å²) in [6.07, 6.45) is 5.49. The van der Waals surface area contributed by atoms with Gasteiger partial charge in [0.15, 0.2) is 5.96 Å². The molecule has 2 aliphatic heterocycles. The molecule has 0 aliphatic carbocycles. The molecule has 0 saturated carbocycles. The van der Waals surface area contributed by atoms with Gasteiger partial charge in [-0.15, -0.1) is 24.0 Å². The number of aliphatic imine (C=N–C) groups is 1. The normalized spacial score (nSPS) is 21.4. The number of morpholine rings is 1. The Balaban J connectivity index is 0.00000364. The predicted molar refractivity (Wildman–Crippen MR) is 125 cm³/mol. The Kier molecular flexibility index (Phi) is 13.7. The van der Waals surface area contributed by atoms with Gasteiger partial charge in [-0.05, 0) is 38.8 Å². The van der Waals surface area contributed by atoms with E-state index in [1.165, 1.54) is 38.8 Å². The fourth-order valence-corrected chi connectivity index (χ4v) is 3.88. The van der Waals surface area contributed by atoms with Crippen molar-refractivity contribution < 1.29 is 4.74 Å². The van der Waals surface area contributed by atoms with Gasteiger partial charge in [0.05, 0.1) is 19.8 Å². The van der Waals surface area contributed by atoms with Gasteiger partial charge in [-0.2, -0.15) is 0 Å². The molecule has 160 valence electrons. The summed E-state index contributed by atoms with van der Waals surface area (Å²) >= 11 is 0. The first kappa shape index (κ1) is 24.9. The van der Waals surface area contributed by atoms with Crippen LogP contribution in [0.2, 0.25) is 0 Å². The molecule has 2 saturated heterocycles. The summed E-state index contributed by atoms with van der Waals surface area (Å²) in [4.78, 5) is 10.0. The van der Waals surface area contributed by atoms with Crippen molar-refractivity contribution in [2.75, 3.05) is 65.6 Å². The van der Waals surface area contributed by atoms with Crippen molar-refractivity contribution in [3.05, 3.63) is 0 Å². The van der Waals surface area contributed by atoms with E-state index in [0.29, 0.717) is 12.0 Å². The van der Waals surface area contributed by atoms with Crippen molar-refractivity contribution in [2.45, 2.75) is 52.5 Å². The van der Waals surface area contributed by atoms with E-state index in [0.717, 1.165) is 58.4 Å². The highest BCUT2D eigenvalue weighted by Crippen LogP contribution is 2.13. The lowest BCUT2D eigenvalue weighted by Gasteiger charge is -2.36. The molecule has 2 N–H and O–H groups in total. The van der Waals surface area contributed by atoms with Gasteiger partial charge in [0.1, 0.15) is 0 Å². The van der Waals surface area contributed by atoms with Gasteiger partial charge >= 0.3 is 0 Å². The first-order valence-electron chi connectivity index (χ1n) is 10.8. The van der Waals surface area contributed by atoms with Crippen LogP contribution in [0.4, 0.5) is 0 Å². The number of rotatable bonds is 8. The third-order valence-corrected chi connectivity index (χ3v) is 5.48. The van der Waals surface area contributed by atoms with Crippen molar-refractivity contribution in [1.29, 1.82) is 0 Å². The molecule has 1 unspecified atom stereocenters. The van der Waals surface area contributed by atoms with Gasteiger partial charge in [-0.1, -0.05) is 26.7 Å². The number of hydrogen-bond acceptors (Lipinski definition) is 4. The highest BCUT2D eigenvalue weighted by molar-refractivity contribution is 14.0. The second-order valence-electron chi connectivity index (χ2n) is 7.86. The maximum atomic E-state index is 5.51. The number of halogens is 1. The Morgan fingerprint density at radius 2 is 1.67 bits per heavy atom. The molecular weight excluding hydrogens is 453 g/mol. The van der Waals surface area contributed by atoms with Gasteiger partial charge in [0.25, 0.3) is 0 Å².